The average molecular weight is 293 g/mol. The molecule has 0 aliphatic rings. The Morgan fingerprint density at radius 1 is 1.43 bits per heavy atom. The minimum atomic E-state index is -1.43. The van der Waals surface area contributed by atoms with Gasteiger partial charge < -0.3 is 15.2 Å². The highest BCUT2D eigenvalue weighted by Crippen LogP contribution is 2.05. The van der Waals surface area contributed by atoms with Crippen molar-refractivity contribution in [3.05, 3.63) is 23.3 Å². The van der Waals surface area contributed by atoms with Crippen molar-refractivity contribution in [2.24, 2.45) is 0 Å². The predicted octanol–water partition coefficient (Wildman–Crippen LogP) is -0.995. The van der Waals surface area contributed by atoms with E-state index in [1.165, 1.54) is 4.52 Å². The minimum Gasteiger partial charge on any atom is -0.467 e. The fraction of sp³-hybridized carbons (Fsp3) is 0.417. The SMILES string of the molecule is COC(=O)C(O)CNC(=O)c1nc2nc(C)cc(C)n2n1. The predicted molar refractivity (Wildman–Crippen MR) is 70.6 cm³/mol. The Hall–Kier alpha value is -2.55. The van der Waals surface area contributed by atoms with Crippen LogP contribution in [-0.2, 0) is 9.53 Å². The zero-order chi connectivity index (χ0) is 15.6. The first kappa shape index (κ1) is 14.9. The third-order valence-electron chi connectivity index (χ3n) is 2.75. The van der Waals surface area contributed by atoms with Crippen molar-refractivity contribution in [1.29, 1.82) is 0 Å². The molecule has 112 valence electrons. The quantitative estimate of drug-likeness (QED) is 0.694. The fourth-order valence-electron chi connectivity index (χ4n) is 1.75. The van der Waals surface area contributed by atoms with Crippen molar-refractivity contribution < 1.29 is 19.4 Å². The number of rotatable bonds is 4. The van der Waals surface area contributed by atoms with Crippen LogP contribution in [-0.4, -0.2) is 56.3 Å². The Kier molecular flexibility index (Phi) is 4.13. The monoisotopic (exact) mass is 293 g/mol. The van der Waals surface area contributed by atoms with Gasteiger partial charge >= 0.3 is 5.97 Å². The van der Waals surface area contributed by atoms with Gasteiger partial charge in [-0.15, -0.1) is 5.10 Å². The van der Waals surface area contributed by atoms with Crippen molar-refractivity contribution in [2.75, 3.05) is 13.7 Å². The summed E-state index contributed by atoms with van der Waals surface area (Å²) in [7, 11) is 1.15. The summed E-state index contributed by atoms with van der Waals surface area (Å²) in [5, 5.41) is 15.8. The van der Waals surface area contributed by atoms with Crippen molar-refractivity contribution in [3.63, 3.8) is 0 Å². The van der Waals surface area contributed by atoms with Gasteiger partial charge in [0.15, 0.2) is 6.10 Å². The molecule has 1 atom stereocenters. The molecule has 0 aromatic carbocycles. The van der Waals surface area contributed by atoms with E-state index < -0.39 is 18.0 Å². The molecular weight excluding hydrogens is 278 g/mol. The number of aliphatic hydroxyl groups is 1. The number of aliphatic hydroxyl groups excluding tert-OH is 1. The number of hydrogen-bond acceptors (Lipinski definition) is 7. The highest BCUT2D eigenvalue weighted by molar-refractivity contribution is 5.91. The second kappa shape index (κ2) is 5.83. The van der Waals surface area contributed by atoms with Crippen molar-refractivity contribution in [3.8, 4) is 0 Å². The number of amides is 1. The molecule has 0 saturated heterocycles. The number of aryl methyl sites for hydroxylation is 2. The molecule has 2 aromatic heterocycles. The van der Waals surface area contributed by atoms with E-state index in [0.29, 0.717) is 5.78 Å². The maximum Gasteiger partial charge on any atom is 0.336 e. The number of aromatic nitrogens is 4. The molecule has 0 bridgehead atoms. The van der Waals surface area contributed by atoms with Gasteiger partial charge in [-0.25, -0.2) is 14.3 Å². The molecule has 9 heteroatoms. The molecule has 2 aromatic rings. The van der Waals surface area contributed by atoms with Crippen molar-refractivity contribution >= 4 is 17.7 Å². The minimum absolute atomic E-state index is 0.0896. The second-order valence-corrected chi connectivity index (χ2v) is 4.44. The topological polar surface area (TPSA) is 119 Å². The molecule has 2 heterocycles. The van der Waals surface area contributed by atoms with E-state index in [-0.39, 0.29) is 12.4 Å². The van der Waals surface area contributed by atoms with Crippen LogP contribution in [0.2, 0.25) is 0 Å². The Balaban J connectivity index is 2.13. The molecule has 0 radical (unpaired) electrons. The summed E-state index contributed by atoms with van der Waals surface area (Å²) >= 11 is 0. The molecule has 0 spiro atoms. The number of carbonyl (C=O) groups excluding carboxylic acids is 2. The highest BCUT2D eigenvalue weighted by atomic mass is 16.5. The second-order valence-electron chi connectivity index (χ2n) is 4.44. The number of nitrogens with zero attached hydrogens (tertiary/aromatic N) is 4. The summed E-state index contributed by atoms with van der Waals surface area (Å²) in [5.74, 6) is -1.22. The Morgan fingerprint density at radius 3 is 2.81 bits per heavy atom. The number of esters is 1. The van der Waals surface area contributed by atoms with E-state index in [1.807, 2.05) is 19.9 Å². The van der Waals surface area contributed by atoms with Gasteiger partial charge in [0, 0.05) is 11.4 Å². The first-order chi connectivity index (χ1) is 9.92. The molecule has 0 aliphatic carbocycles. The van der Waals surface area contributed by atoms with E-state index >= 15 is 0 Å². The van der Waals surface area contributed by atoms with Gasteiger partial charge in [0.1, 0.15) is 0 Å². The van der Waals surface area contributed by atoms with E-state index in [0.717, 1.165) is 18.5 Å². The summed E-state index contributed by atoms with van der Waals surface area (Å²) in [6.07, 6.45) is -1.43. The number of fused-ring (bicyclic) bond motifs is 1. The molecule has 1 unspecified atom stereocenters. The zero-order valence-electron chi connectivity index (χ0n) is 11.8. The third kappa shape index (κ3) is 3.14. The lowest BCUT2D eigenvalue weighted by Gasteiger charge is -2.07. The molecule has 0 saturated carbocycles. The first-order valence-electron chi connectivity index (χ1n) is 6.17. The molecule has 0 fully saturated rings. The smallest absolute Gasteiger partial charge is 0.336 e. The summed E-state index contributed by atoms with van der Waals surface area (Å²) in [5.41, 5.74) is 1.55. The fourth-order valence-corrected chi connectivity index (χ4v) is 1.75. The molecule has 2 N–H and O–H groups in total. The van der Waals surface area contributed by atoms with E-state index in [9.17, 15) is 14.7 Å². The van der Waals surface area contributed by atoms with E-state index in [2.05, 4.69) is 25.1 Å². The van der Waals surface area contributed by atoms with Gasteiger partial charge in [-0.3, -0.25) is 4.79 Å². The summed E-state index contributed by atoms with van der Waals surface area (Å²) < 4.78 is 5.78. The van der Waals surface area contributed by atoms with Gasteiger partial charge in [-0.1, -0.05) is 0 Å². The number of ether oxygens (including phenoxy) is 1. The Morgan fingerprint density at radius 2 is 2.14 bits per heavy atom. The normalized spacial score (nSPS) is 12.2. The van der Waals surface area contributed by atoms with E-state index in [4.69, 9.17) is 0 Å². The standard InChI is InChI=1S/C12H15N5O4/c1-6-4-7(2)17-12(14-6)15-9(16-17)10(19)13-5-8(18)11(20)21-3/h4,8,18H,5H2,1-3H3,(H,13,19). The molecule has 0 aliphatic heterocycles. The van der Waals surface area contributed by atoms with Crippen LogP contribution in [0.5, 0.6) is 0 Å². The van der Waals surface area contributed by atoms with Crippen LogP contribution in [0.1, 0.15) is 22.0 Å². The maximum absolute atomic E-state index is 11.9. The lowest BCUT2D eigenvalue weighted by molar-refractivity contribution is -0.149. The Bertz CT molecular complexity index is 696. The van der Waals surface area contributed by atoms with Gasteiger partial charge in [-0.05, 0) is 19.9 Å². The summed E-state index contributed by atoms with van der Waals surface area (Å²) in [6, 6.07) is 1.81. The van der Waals surface area contributed by atoms with E-state index in [1.54, 1.807) is 0 Å². The van der Waals surface area contributed by atoms with Gasteiger partial charge in [0.05, 0.1) is 13.7 Å². The highest BCUT2D eigenvalue weighted by Gasteiger charge is 2.19. The molecule has 21 heavy (non-hydrogen) atoms. The van der Waals surface area contributed by atoms with Crippen LogP contribution in [0.25, 0.3) is 5.78 Å². The van der Waals surface area contributed by atoms with Crippen molar-refractivity contribution in [1.82, 2.24) is 24.9 Å². The lowest BCUT2D eigenvalue weighted by Crippen LogP contribution is -2.37. The number of hydrogen-bond donors (Lipinski definition) is 2. The van der Waals surface area contributed by atoms with Crippen LogP contribution in [0.4, 0.5) is 0 Å². The Labute approximate surface area is 120 Å². The summed E-state index contributed by atoms with van der Waals surface area (Å²) in [4.78, 5) is 31.1. The molecule has 1 amide bonds. The van der Waals surface area contributed by atoms with Crippen LogP contribution in [0.3, 0.4) is 0 Å². The molecular formula is C12H15N5O4. The third-order valence-corrected chi connectivity index (χ3v) is 2.75. The average Bonchev–Trinajstić information content (AvgIpc) is 2.87. The number of carbonyl (C=O) groups is 2. The van der Waals surface area contributed by atoms with Crippen molar-refractivity contribution in [2.45, 2.75) is 20.0 Å². The molecule has 9 nitrogen and oxygen atoms in total. The number of nitrogens with one attached hydrogen (secondary N) is 1. The van der Waals surface area contributed by atoms with Crippen LogP contribution in [0, 0.1) is 13.8 Å². The van der Waals surface area contributed by atoms with Crippen LogP contribution >= 0.6 is 0 Å². The van der Waals surface area contributed by atoms with Crippen LogP contribution < -0.4 is 5.32 Å². The van der Waals surface area contributed by atoms with Crippen LogP contribution in [0.15, 0.2) is 6.07 Å². The zero-order valence-corrected chi connectivity index (χ0v) is 11.8. The van der Waals surface area contributed by atoms with Gasteiger partial charge in [0.2, 0.25) is 5.82 Å². The summed E-state index contributed by atoms with van der Waals surface area (Å²) in [6.45, 7) is 3.35. The lowest BCUT2D eigenvalue weighted by atomic mass is 10.3. The molecule has 2 rings (SSSR count). The van der Waals surface area contributed by atoms with Gasteiger partial charge in [-0.2, -0.15) is 4.98 Å². The van der Waals surface area contributed by atoms with Gasteiger partial charge in [0.25, 0.3) is 11.7 Å². The maximum atomic E-state index is 11.9. The largest absolute Gasteiger partial charge is 0.467 e. The number of methoxy groups -OCH3 is 1. The first-order valence-corrected chi connectivity index (χ1v) is 6.17.